The summed E-state index contributed by atoms with van der Waals surface area (Å²) < 4.78 is 0. The molecule has 0 heterocycles. The summed E-state index contributed by atoms with van der Waals surface area (Å²) in [6.45, 7) is 5.48. The maximum atomic E-state index is 12.0. The molecule has 0 aliphatic carbocycles. The van der Waals surface area contributed by atoms with Crippen LogP contribution >= 0.6 is 11.8 Å². The van der Waals surface area contributed by atoms with E-state index in [1.165, 1.54) is 11.8 Å². The molecule has 0 saturated heterocycles. The third-order valence-corrected chi connectivity index (χ3v) is 3.94. The van der Waals surface area contributed by atoms with Crippen molar-refractivity contribution in [1.82, 2.24) is 0 Å². The van der Waals surface area contributed by atoms with E-state index in [1.54, 1.807) is 6.92 Å². The van der Waals surface area contributed by atoms with E-state index in [0.717, 1.165) is 11.3 Å². The number of ketones is 1. The smallest absolute Gasteiger partial charge is 0.192 e. The monoisotopic (exact) mass is 264 g/mol. The Hall–Kier alpha value is -1.09. The van der Waals surface area contributed by atoms with Crippen LogP contribution in [0.3, 0.4) is 0 Å². The molecule has 98 valence electrons. The van der Waals surface area contributed by atoms with Crippen LogP contribution in [0.15, 0.2) is 30.3 Å². The molecule has 0 spiro atoms. The number of rotatable bonds is 6. The van der Waals surface area contributed by atoms with Gasteiger partial charge in [0, 0.05) is 18.3 Å². The van der Waals surface area contributed by atoms with Crippen LogP contribution < -0.4 is 0 Å². The number of carbonyl (C=O) groups excluding carboxylic acids is 2. The highest BCUT2D eigenvalue weighted by atomic mass is 32.2. The molecule has 0 aromatic heterocycles. The lowest BCUT2D eigenvalue weighted by Crippen LogP contribution is -2.19. The Balaban J connectivity index is 2.91. The first kappa shape index (κ1) is 15.0. The molecule has 1 aromatic rings. The van der Waals surface area contributed by atoms with Crippen LogP contribution in [0, 0.1) is 5.92 Å². The summed E-state index contributed by atoms with van der Waals surface area (Å²) in [5.74, 6) is 0.784. The van der Waals surface area contributed by atoms with E-state index in [4.69, 9.17) is 0 Å². The topological polar surface area (TPSA) is 34.1 Å². The molecule has 0 aliphatic heterocycles. The molecule has 0 unspecified atom stereocenters. The van der Waals surface area contributed by atoms with Gasteiger partial charge in [0.05, 0.1) is 0 Å². The maximum Gasteiger partial charge on any atom is 0.192 e. The third kappa shape index (κ3) is 4.30. The third-order valence-electron chi connectivity index (χ3n) is 3.00. The summed E-state index contributed by atoms with van der Waals surface area (Å²) in [5, 5.41) is 0.174. The normalized spacial score (nSPS) is 13.9. The highest BCUT2D eigenvalue weighted by Crippen LogP contribution is 2.31. The van der Waals surface area contributed by atoms with Gasteiger partial charge >= 0.3 is 0 Å². The first-order valence-corrected chi connectivity index (χ1v) is 7.25. The molecule has 2 atom stereocenters. The summed E-state index contributed by atoms with van der Waals surface area (Å²) in [7, 11) is 0. The highest BCUT2D eigenvalue weighted by Gasteiger charge is 2.26. The van der Waals surface area contributed by atoms with Gasteiger partial charge in [0.15, 0.2) is 5.12 Å². The molecule has 0 radical (unpaired) electrons. The second-order valence-corrected chi connectivity index (χ2v) is 5.73. The number of thioether (sulfide) groups is 1. The molecule has 0 aliphatic rings. The lowest BCUT2D eigenvalue weighted by Gasteiger charge is -2.22. The minimum absolute atomic E-state index is 0.00440. The molecule has 18 heavy (non-hydrogen) atoms. The van der Waals surface area contributed by atoms with Crippen molar-refractivity contribution < 1.29 is 9.59 Å². The maximum absolute atomic E-state index is 12.0. The zero-order chi connectivity index (χ0) is 13.5. The quantitative estimate of drug-likeness (QED) is 0.786. The molecule has 2 nitrogen and oxygen atoms in total. The summed E-state index contributed by atoms with van der Waals surface area (Å²) in [6.07, 6.45) is 0.432. The van der Waals surface area contributed by atoms with Crippen molar-refractivity contribution >= 4 is 22.7 Å². The van der Waals surface area contributed by atoms with Crippen molar-refractivity contribution in [3.63, 3.8) is 0 Å². The first-order chi connectivity index (χ1) is 8.56. The van der Waals surface area contributed by atoms with Gasteiger partial charge in [0.2, 0.25) is 0 Å². The summed E-state index contributed by atoms with van der Waals surface area (Å²) in [5.41, 5.74) is 1.07. The van der Waals surface area contributed by atoms with E-state index >= 15 is 0 Å². The average Bonchev–Trinajstić information content (AvgIpc) is 2.36. The predicted molar refractivity (Wildman–Crippen MR) is 76.8 cm³/mol. The van der Waals surface area contributed by atoms with Crippen LogP contribution in [0.25, 0.3) is 0 Å². The van der Waals surface area contributed by atoms with Crippen LogP contribution in [0.5, 0.6) is 0 Å². The van der Waals surface area contributed by atoms with E-state index in [1.807, 2.05) is 44.2 Å². The van der Waals surface area contributed by atoms with E-state index < -0.39 is 0 Å². The number of carbonyl (C=O) groups is 2. The van der Waals surface area contributed by atoms with Crippen molar-refractivity contribution in [2.45, 2.75) is 33.1 Å². The molecular weight excluding hydrogens is 244 g/mol. The summed E-state index contributed by atoms with van der Waals surface area (Å²) in [6, 6.07) is 9.84. The second-order valence-electron chi connectivity index (χ2n) is 4.46. The van der Waals surface area contributed by atoms with Gasteiger partial charge in [-0.2, -0.15) is 0 Å². The molecule has 0 amide bonds. The Morgan fingerprint density at radius 3 is 2.33 bits per heavy atom. The molecule has 0 saturated carbocycles. The molecular formula is C15H20O2S. The van der Waals surface area contributed by atoms with Crippen LogP contribution in [-0.4, -0.2) is 16.7 Å². The molecule has 0 bridgehead atoms. The lowest BCUT2D eigenvalue weighted by atomic mass is 9.84. The summed E-state index contributed by atoms with van der Waals surface area (Å²) in [4.78, 5) is 23.4. The second kappa shape index (κ2) is 7.37. The number of benzene rings is 1. The van der Waals surface area contributed by atoms with E-state index in [2.05, 4.69) is 0 Å². The fraction of sp³-hybridized carbons (Fsp3) is 0.467. The Kier molecular flexibility index (Phi) is 6.13. The molecule has 3 heteroatoms. The van der Waals surface area contributed by atoms with Gasteiger partial charge in [-0.25, -0.2) is 0 Å². The number of Topliss-reactive ketones (excluding diaryl/α,β-unsaturated/α-hetero) is 1. The predicted octanol–water partition coefficient (Wildman–Crippen LogP) is 3.67. The zero-order valence-electron chi connectivity index (χ0n) is 11.2. The Morgan fingerprint density at radius 2 is 1.83 bits per heavy atom. The lowest BCUT2D eigenvalue weighted by molar-refractivity contribution is -0.118. The summed E-state index contributed by atoms with van der Waals surface area (Å²) >= 11 is 1.34. The Labute approximate surface area is 113 Å². The van der Waals surface area contributed by atoms with Gasteiger partial charge in [0.25, 0.3) is 0 Å². The van der Waals surface area contributed by atoms with E-state index in [0.29, 0.717) is 6.42 Å². The molecule has 1 rings (SSSR count). The van der Waals surface area contributed by atoms with Crippen molar-refractivity contribution in [3.05, 3.63) is 35.9 Å². The molecule has 0 fully saturated rings. The molecule has 0 N–H and O–H groups in total. The standard InChI is InChI=1S/C15H20O2S/c1-4-18-15(17)12(3)14(10-11(2)16)13-8-6-5-7-9-13/h5-9,12,14H,4,10H2,1-3H3/t12-,14-/m1/s1. The van der Waals surface area contributed by atoms with Crippen LogP contribution in [-0.2, 0) is 9.59 Å². The van der Waals surface area contributed by atoms with Crippen molar-refractivity contribution in [2.24, 2.45) is 5.92 Å². The van der Waals surface area contributed by atoms with Gasteiger partial charge in [0.1, 0.15) is 5.78 Å². The fourth-order valence-electron chi connectivity index (χ4n) is 2.03. The van der Waals surface area contributed by atoms with Crippen LogP contribution in [0.2, 0.25) is 0 Å². The average molecular weight is 264 g/mol. The zero-order valence-corrected chi connectivity index (χ0v) is 12.0. The Morgan fingerprint density at radius 1 is 1.22 bits per heavy atom. The number of hydrogen-bond acceptors (Lipinski definition) is 3. The van der Waals surface area contributed by atoms with Crippen LogP contribution in [0.4, 0.5) is 0 Å². The minimum atomic E-state index is -0.124. The Bertz CT molecular complexity index is 400. The van der Waals surface area contributed by atoms with Crippen molar-refractivity contribution in [1.29, 1.82) is 0 Å². The van der Waals surface area contributed by atoms with Crippen molar-refractivity contribution in [2.75, 3.05) is 5.75 Å². The van der Waals surface area contributed by atoms with Gasteiger partial charge in [-0.15, -0.1) is 0 Å². The van der Waals surface area contributed by atoms with Crippen LogP contribution in [0.1, 0.15) is 38.7 Å². The SMILES string of the molecule is CCSC(=O)[C@H](C)[C@@H](CC(C)=O)c1ccccc1. The van der Waals surface area contributed by atoms with E-state index in [-0.39, 0.29) is 22.7 Å². The number of hydrogen-bond donors (Lipinski definition) is 0. The van der Waals surface area contributed by atoms with E-state index in [9.17, 15) is 9.59 Å². The van der Waals surface area contributed by atoms with Crippen molar-refractivity contribution in [3.8, 4) is 0 Å². The fourth-order valence-corrected chi connectivity index (χ4v) is 2.74. The molecule has 1 aromatic carbocycles. The minimum Gasteiger partial charge on any atom is -0.300 e. The highest BCUT2D eigenvalue weighted by molar-refractivity contribution is 8.13. The largest absolute Gasteiger partial charge is 0.300 e. The van der Waals surface area contributed by atoms with Gasteiger partial charge in [-0.05, 0) is 18.2 Å². The van der Waals surface area contributed by atoms with Gasteiger partial charge < -0.3 is 4.79 Å². The van der Waals surface area contributed by atoms with Gasteiger partial charge in [-0.3, -0.25) is 4.79 Å². The van der Waals surface area contributed by atoms with Gasteiger partial charge in [-0.1, -0.05) is 55.9 Å². The first-order valence-electron chi connectivity index (χ1n) is 6.27.